The molecule has 22 heavy (non-hydrogen) atoms. The van der Waals surface area contributed by atoms with Crippen molar-refractivity contribution in [1.29, 1.82) is 0 Å². The number of hydrogen-bond donors (Lipinski definition) is 1. The van der Waals surface area contributed by atoms with Gasteiger partial charge in [-0.3, -0.25) is 4.79 Å². The molecule has 2 fully saturated rings. The van der Waals surface area contributed by atoms with Gasteiger partial charge in [0, 0.05) is 23.6 Å². The van der Waals surface area contributed by atoms with Gasteiger partial charge in [-0.25, -0.2) is 0 Å². The van der Waals surface area contributed by atoms with E-state index in [2.05, 4.69) is 28.1 Å². The molecule has 122 valence electrons. The Balaban J connectivity index is 0.00000176. The van der Waals surface area contributed by atoms with Gasteiger partial charge in [0.1, 0.15) is 0 Å². The molecule has 1 aliphatic heterocycles. The van der Waals surface area contributed by atoms with Gasteiger partial charge in [-0.2, -0.15) is 0 Å². The van der Waals surface area contributed by atoms with E-state index in [1.54, 1.807) is 0 Å². The van der Waals surface area contributed by atoms with Crippen LogP contribution in [0.2, 0.25) is 0 Å². The second-order valence-electron chi connectivity index (χ2n) is 6.45. The number of amides is 1. The van der Waals surface area contributed by atoms with Crippen molar-refractivity contribution in [2.75, 3.05) is 13.1 Å². The Hall–Kier alpha value is -0.580. The maximum atomic E-state index is 13.2. The molecule has 1 aliphatic carbocycles. The van der Waals surface area contributed by atoms with E-state index in [0.29, 0.717) is 5.91 Å². The maximum Gasteiger partial charge on any atom is 0.233 e. The van der Waals surface area contributed by atoms with Crippen molar-refractivity contribution in [3.05, 3.63) is 34.3 Å². The first-order chi connectivity index (χ1) is 10.1. The van der Waals surface area contributed by atoms with Crippen LogP contribution >= 0.6 is 28.3 Å². The number of halogens is 2. The SMILES string of the molecule is Cl.NC1CCCN(C(=O)C2(c3ccc(Br)cc3)CCCC2)C1. The number of carbonyl (C=O) groups excluding carboxylic acids is 1. The summed E-state index contributed by atoms with van der Waals surface area (Å²) in [5, 5.41) is 0. The minimum Gasteiger partial charge on any atom is -0.340 e. The highest BCUT2D eigenvalue weighted by atomic mass is 79.9. The van der Waals surface area contributed by atoms with E-state index < -0.39 is 0 Å². The van der Waals surface area contributed by atoms with E-state index in [-0.39, 0.29) is 23.9 Å². The van der Waals surface area contributed by atoms with Crippen LogP contribution in [0.5, 0.6) is 0 Å². The molecule has 1 amide bonds. The predicted molar refractivity (Wildman–Crippen MR) is 95.3 cm³/mol. The van der Waals surface area contributed by atoms with Crippen molar-refractivity contribution in [1.82, 2.24) is 4.90 Å². The minimum absolute atomic E-state index is 0. The third-order valence-corrected chi connectivity index (χ3v) is 5.54. The van der Waals surface area contributed by atoms with Crippen LogP contribution in [-0.4, -0.2) is 29.9 Å². The first kappa shape index (κ1) is 17.8. The molecule has 2 aliphatic rings. The van der Waals surface area contributed by atoms with Crippen LogP contribution in [-0.2, 0) is 10.2 Å². The monoisotopic (exact) mass is 386 g/mol. The Bertz CT molecular complexity index is 514. The number of rotatable bonds is 2. The Morgan fingerprint density at radius 3 is 2.41 bits per heavy atom. The van der Waals surface area contributed by atoms with Crippen molar-refractivity contribution < 1.29 is 4.79 Å². The molecule has 1 unspecified atom stereocenters. The van der Waals surface area contributed by atoms with Crippen molar-refractivity contribution in [2.24, 2.45) is 5.73 Å². The van der Waals surface area contributed by atoms with Crippen molar-refractivity contribution in [3.63, 3.8) is 0 Å². The van der Waals surface area contributed by atoms with E-state index in [0.717, 1.165) is 56.1 Å². The molecule has 0 spiro atoms. The van der Waals surface area contributed by atoms with Crippen LogP contribution in [0.25, 0.3) is 0 Å². The van der Waals surface area contributed by atoms with Crippen LogP contribution in [0.4, 0.5) is 0 Å². The zero-order valence-electron chi connectivity index (χ0n) is 12.8. The summed E-state index contributed by atoms with van der Waals surface area (Å²) in [6, 6.07) is 8.45. The van der Waals surface area contributed by atoms with Crippen LogP contribution in [0.15, 0.2) is 28.7 Å². The number of nitrogens with two attached hydrogens (primary N) is 1. The second kappa shape index (κ2) is 7.33. The summed E-state index contributed by atoms with van der Waals surface area (Å²) in [6.45, 7) is 1.59. The highest BCUT2D eigenvalue weighted by Gasteiger charge is 2.45. The third kappa shape index (κ3) is 3.34. The quantitative estimate of drug-likeness (QED) is 0.842. The summed E-state index contributed by atoms with van der Waals surface area (Å²) in [4.78, 5) is 15.2. The van der Waals surface area contributed by atoms with Crippen molar-refractivity contribution in [2.45, 2.75) is 50.0 Å². The largest absolute Gasteiger partial charge is 0.340 e. The van der Waals surface area contributed by atoms with Crippen molar-refractivity contribution >= 4 is 34.2 Å². The normalized spacial score (nSPS) is 23.9. The van der Waals surface area contributed by atoms with Gasteiger partial charge >= 0.3 is 0 Å². The smallest absolute Gasteiger partial charge is 0.233 e. The zero-order valence-corrected chi connectivity index (χ0v) is 15.2. The van der Waals surface area contributed by atoms with Gasteiger partial charge in [-0.05, 0) is 43.4 Å². The minimum atomic E-state index is -0.308. The molecule has 1 aromatic rings. The molecule has 5 heteroatoms. The number of carbonyl (C=O) groups is 1. The van der Waals surface area contributed by atoms with Crippen LogP contribution in [0, 0.1) is 0 Å². The predicted octanol–water partition coefficient (Wildman–Crippen LogP) is 3.63. The molecular formula is C17H24BrClN2O. The fourth-order valence-electron chi connectivity index (χ4n) is 3.87. The van der Waals surface area contributed by atoms with Gasteiger partial charge in [0.25, 0.3) is 0 Å². The molecule has 0 bridgehead atoms. The summed E-state index contributed by atoms with van der Waals surface area (Å²) in [7, 11) is 0. The molecular weight excluding hydrogens is 364 g/mol. The topological polar surface area (TPSA) is 46.3 Å². The second-order valence-corrected chi connectivity index (χ2v) is 7.37. The Morgan fingerprint density at radius 1 is 1.18 bits per heavy atom. The zero-order chi connectivity index (χ0) is 14.9. The van der Waals surface area contributed by atoms with Gasteiger partial charge in [0.2, 0.25) is 5.91 Å². The average molecular weight is 388 g/mol. The standard InChI is InChI=1S/C17H23BrN2O.ClH/c18-14-7-5-13(6-8-14)17(9-1-2-10-17)16(21)20-11-3-4-15(19)12-20;/h5-8,15H,1-4,9-12,19H2;1H. The lowest BCUT2D eigenvalue weighted by Gasteiger charge is -2.38. The van der Waals surface area contributed by atoms with Crippen molar-refractivity contribution in [3.8, 4) is 0 Å². The lowest BCUT2D eigenvalue weighted by molar-refractivity contribution is -0.138. The summed E-state index contributed by atoms with van der Waals surface area (Å²) < 4.78 is 1.06. The highest BCUT2D eigenvalue weighted by Crippen LogP contribution is 2.43. The molecule has 1 heterocycles. The Morgan fingerprint density at radius 2 is 1.82 bits per heavy atom. The number of piperidine rings is 1. The first-order valence-corrected chi connectivity index (χ1v) is 8.72. The molecule has 1 saturated carbocycles. The number of nitrogens with zero attached hydrogens (tertiary/aromatic N) is 1. The van der Waals surface area contributed by atoms with Crippen LogP contribution < -0.4 is 5.73 Å². The van der Waals surface area contributed by atoms with Crippen LogP contribution in [0.3, 0.4) is 0 Å². The van der Waals surface area contributed by atoms with E-state index in [9.17, 15) is 4.79 Å². The molecule has 1 aromatic carbocycles. The number of likely N-dealkylation sites (tertiary alicyclic amines) is 1. The number of hydrogen-bond acceptors (Lipinski definition) is 2. The maximum absolute atomic E-state index is 13.2. The van der Waals surface area contributed by atoms with Gasteiger partial charge < -0.3 is 10.6 Å². The van der Waals surface area contributed by atoms with E-state index in [1.807, 2.05) is 17.0 Å². The average Bonchev–Trinajstić information content (AvgIpc) is 2.98. The summed E-state index contributed by atoms with van der Waals surface area (Å²) >= 11 is 3.48. The lowest BCUT2D eigenvalue weighted by Crippen LogP contribution is -2.52. The first-order valence-electron chi connectivity index (χ1n) is 7.93. The van der Waals surface area contributed by atoms with E-state index >= 15 is 0 Å². The van der Waals surface area contributed by atoms with E-state index in [4.69, 9.17) is 5.73 Å². The molecule has 3 nitrogen and oxygen atoms in total. The number of benzene rings is 1. The molecule has 0 aromatic heterocycles. The fourth-order valence-corrected chi connectivity index (χ4v) is 4.13. The highest BCUT2D eigenvalue weighted by molar-refractivity contribution is 9.10. The molecule has 1 atom stereocenters. The molecule has 1 saturated heterocycles. The summed E-state index contributed by atoms with van der Waals surface area (Å²) in [5.41, 5.74) is 6.93. The van der Waals surface area contributed by atoms with E-state index in [1.165, 1.54) is 5.56 Å². The summed E-state index contributed by atoms with van der Waals surface area (Å²) in [5.74, 6) is 0.303. The molecule has 2 N–H and O–H groups in total. The van der Waals surface area contributed by atoms with Gasteiger partial charge in [-0.1, -0.05) is 40.9 Å². The Kier molecular flexibility index (Phi) is 5.92. The molecule has 3 rings (SSSR count). The Labute approximate surface area is 147 Å². The molecule has 0 radical (unpaired) electrons. The fraction of sp³-hybridized carbons (Fsp3) is 0.588. The van der Waals surface area contributed by atoms with Gasteiger partial charge in [0.05, 0.1) is 5.41 Å². The van der Waals surface area contributed by atoms with Crippen LogP contribution in [0.1, 0.15) is 44.1 Å². The lowest BCUT2D eigenvalue weighted by atomic mass is 9.77. The third-order valence-electron chi connectivity index (χ3n) is 5.01. The van der Waals surface area contributed by atoms with Gasteiger partial charge in [-0.15, -0.1) is 12.4 Å². The summed E-state index contributed by atoms with van der Waals surface area (Å²) in [6.07, 6.45) is 6.29. The van der Waals surface area contributed by atoms with Gasteiger partial charge in [0.15, 0.2) is 0 Å².